The molecule has 10 heteroatoms. The van der Waals surface area contributed by atoms with Crippen LogP contribution in [0, 0.1) is 12.8 Å². The highest BCUT2D eigenvalue weighted by atomic mass is 127. The van der Waals surface area contributed by atoms with Gasteiger partial charge in [-0.15, -0.1) is 24.0 Å². The van der Waals surface area contributed by atoms with Crippen molar-refractivity contribution in [3.8, 4) is 0 Å². The van der Waals surface area contributed by atoms with Crippen LogP contribution in [0.15, 0.2) is 21.5 Å². The van der Waals surface area contributed by atoms with Crippen LogP contribution in [0.25, 0.3) is 0 Å². The van der Waals surface area contributed by atoms with Crippen LogP contribution in [0.2, 0.25) is 0 Å². The number of guanidine groups is 1. The van der Waals surface area contributed by atoms with Gasteiger partial charge in [-0.2, -0.15) is 0 Å². The third kappa shape index (κ3) is 8.26. The van der Waals surface area contributed by atoms with Crippen LogP contribution in [0.4, 0.5) is 0 Å². The molecule has 1 aromatic rings. The van der Waals surface area contributed by atoms with E-state index in [4.69, 9.17) is 4.42 Å². The first-order valence-electron chi connectivity index (χ1n) is 9.50. The van der Waals surface area contributed by atoms with Gasteiger partial charge in [-0.05, 0) is 51.7 Å². The van der Waals surface area contributed by atoms with Crippen molar-refractivity contribution in [1.29, 1.82) is 0 Å². The van der Waals surface area contributed by atoms with Gasteiger partial charge in [-0.1, -0.05) is 6.42 Å². The summed E-state index contributed by atoms with van der Waals surface area (Å²) >= 11 is 0. The molecule has 0 aliphatic heterocycles. The molecule has 0 radical (unpaired) electrons. The number of aliphatic imine (C=N–C) groups is 1. The molecule has 0 aromatic carbocycles. The maximum atomic E-state index is 12.1. The van der Waals surface area contributed by atoms with E-state index < -0.39 is 15.6 Å². The fourth-order valence-electron chi connectivity index (χ4n) is 2.69. The SMILES string of the molecule is CCNC(=NCC(C)(O)c1ccc(C)o1)NCCS(=O)(=O)NCC1CCC1.I. The van der Waals surface area contributed by atoms with Crippen molar-refractivity contribution in [2.45, 2.75) is 45.6 Å². The predicted octanol–water partition coefficient (Wildman–Crippen LogP) is 1.69. The van der Waals surface area contributed by atoms with Crippen LogP contribution in [-0.2, 0) is 15.6 Å². The summed E-state index contributed by atoms with van der Waals surface area (Å²) in [5, 5.41) is 16.6. The van der Waals surface area contributed by atoms with Crippen LogP contribution < -0.4 is 15.4 Å². The summed E-state index contributed by atoms with van der Waals surface area (Å²) in [6.45, 7) is 6.83. The van der Waals surface area contributed by atoms with Gasteiger partial charge in [-0.25, -0.2) is 18.1 Å². The summed E-state index contributed by atoms with van der Waals surface area (Å²) in [6.07, 6.45) is 3.40. The molecule has 162 valence electrons. The molecule has 1 unspecified atom stereocenters. The monoisotopic (exact) mass is 528 g/mol. The smallest absolute Gasteiger partial charge is 0.213 e. The van der Waals surface area contributed by atoms with Crippen molar-refractivity contribution in [3.63, 3.8) is 0 Å². The van der Waals surface area contributed by atoms with Gasteiger partial charge >= 0.3 is 0 Å². The molecular weight excluding hydrogens is 495 g/mol. The van der Waals surface area contributed by atoms with E-state index in [0.717, 1.165) is 18.6 Å². The van der Waals surface area contributed by atoms with Gasteiger partial charge in [-0.3, -0.25) is 0 Å². The second-order valence-corrected chi connectivity index (χ2v) is 9.20. The van der Waals surface area contributed by atoms with Gasteiger partial charge < -0.3 is 20.2 Å². The van der Waals surface area contributed by atoms with Gasteiger partial charge in [0.25, 0.3) is 0 Å². The van der Waals surface area contributed by atoms with Crippen LogP contribution in [0.5, 0.6) is 0 Å². The Balaban J connectivity index is 0.00000392. The fraction of sp³-hybridized carbons (Fsp3) is 0.722. The molecule has 1 saturated carbocycles. The number of hydrogen-bond acceptors (Lipinski definition) is 5. The van der Waals surface area contributed by atoms with Crippen molar-refractivity contribution in [3.05, 3.63) is 23.7 Å². The van der Waals surface area contributed by atoms with Gasteiger partial charge in [0.2, 0.25) is 10.0 Å². The molecule has 1 fully saturated rings. The molecule has 1 aromatic heterocycles. The number of halogens is 1. The second kappa shape index (κ2) is 11.4. The number of furan rings is 1. The lowest BCUT2D eigenvalue weighted by Gasteiger charge is -2.25. The lowest BCUT2D eigenvalue weighted by atomic mass is 9.86. The Morgan fingerprint density at radius 3 is 2.61 bits per heavy atom. The summed E-state index contributed by atoms with van der Waals surface area (Å²) in [7, 11) is -3.31. The minimum Gasteiger partial charge on any atom is -0.463 e. The molecule has 0 spiro atoms. The van der Waals surface area contributed by atoms with Crippen LogP contribution in [0.3, 0.4) is 0 Å². The lowest BCUT2D eigenvalue weighted by Crippen LogP contribution is -2.42. The third-order valence-corrected chi connectivity index (χ3v) is 5.99. The van der Waals surface area contributed by atoms with Gasteiger partial charge in [0.15, 0.2) is 5.96 Å². The van der Waals surface area contributed by atoms with Crippen molar-refractivity contribution in [2.75, 3.05) is 31.9 Å². The van der Waals surface area contributed by atoms with Crippen molar-refractivity contribution in [2.24, 2.45) is 10.9 Å². The Morgan fingerprint density at radius 1 is 1.36 bits per heavy atom. The maximum absolute atomic E-state index is 12.1. The van der Waals surface area contributed by atoms with E-state index in [1.54, 1.807) is 19.1 Å². The van der Waals surface area contributed by atoms with Gasteiger partial charge in [0.05, 0.1) is 12.3 Å². The normalized spacial score (nSPS) is 17.4. The molecule has 8 nitrogen and oxygen atoms in total. The van der Waals surface area contributed by atoms with Crippen molar-refractivity contribution < 1.29 is 17.9 Å². The van der Waals surface area contributed by atoms with Crippen LogP contribution in [-0.4, -0.2) is 51.4 Å². The molecule has 0 amide bonds. The summed E-state index contributed by atoms with van der Waals surface area (Å²) < 4.78 is 32.3. The zero-order valence-corrected chi connectivity index (χ0v) is 20.0. The molecule has 1 heterocycles. The van der Waals surface area contributed by atoms with Crippen molar-refractivity contribution in [1.82, 2.24) is 15.4 Å². The Labute approximate surface area is 185 Å². The zero-order valence-electron chi connectivity index (χ0n) is 16.8. The number of aliphatic hydroxyl groups is 1. The first-order valence-corrected chi connectivity index (χ1v) is 11.2. The number of sulfonamides is 1. The van der Waals surface area contributed by atoms with Crippen LogP contribution >= 0.6 is 24.0 Å². The Hall–Kier alpha value is -0.850. The fourth-order valence-corrected chi connectivity index (χ4v) is 3.70. The van der Waals surface area contributed by atoms with E-state index in [2.05, 4.69) is 20.3 Å². The summed E-state index contributed by atoms with van der Waals surface area (Å²) in [5.74, 6) is 2.08. The minimum atomic E-state index is -3.31. The first kappa shape index (κ1) is 25.2. The molecule has 0 bridgehead atoms. The molecule has 28 heavy (non-hydrogen) atoms. The molecule has 2 rings (SSSR count). The van der Waals surface area contributed by atoms with E-state index in [1.807, 2.05) is 13.8 Å². The highest BCUT2D eigenvalue weighted by Gasteiger charge is 2.26. The standard InChI is InChI=1S/C18H32N4O4S.HI/c1-4-19-17(21-13-18(3,23)16-9-8-14(2)26-16)20-10-11-27(24,25)22-12-15-6-5-7-15;/h8-9,15,22-23H,4-7,10-13H2,1-3H3,(H2,19,20,21);1H. The quantitative estimate of drug-likeness (QED) is 0.209. The van der Waals surface area contributed by atoms with E-state index in [1.165, 1.54) is 6.42 Å². The summed E-state index contributed by atoms with van der Waals surface area (Å²) in [6, 6.07) is 3.52. The zero-order chi connectivity index (χ0) is 19.9. The minimum absolute atomic E-state index is 0. The highest BCUT2D eigenvalue weighted by Crippen LogP contribution is 2.25. The van der Waals surface area contributed by atoms with Gasteiger partial charge in [0.1, 0.15) is 17.1 Å². The Kier molecular flexibility index (Phi) is 10.2. The lowest BCUT2D eigenvalue weighted by molar-refractivity contribution is 0.0428. The number of nitrogens with one attached hydrogen (secondary N) is 3. The molecular formula is C18H33IN4O4S. The average molecular weight is 528 g/mol. The maximum Gasteiger partial charge on any atom is 0.213 e. The molecule has 1 aliphatic carbocycles. The topological polar surface area (TPSA) is 116 Å². The second-order valence-electron chi connectivity index (χ2n) is 7.27. The summed E-state index contributed by atoms with van der Waals surface area (Å²) in [5.41, 5.74) is -1.24. The predicted molar refractivity (Wildman–Crippen MR) is 122 cm³/mol. The Bertz CT molecular complexity index is 730. The Morgan fingerprint density at radius 2 is 2.07 bits per heavy atom. The van der Waals surface area contributed by atoms with Gasteiger partial charge in [0, 0.05) is 19.6 Å². The van der Waals surface area contributed by atoms with E-state index in [9.17, 15) is 13.5 Å². The molecule has 1 aliphatic rings. The highest BCUT2D eigenvalue weighted by molar-refractivity contribution is 14.0. The summed E-state index contributed by atoms with van der Waals surface area (Å²) in [4.78, 5) is 4.36. The van der Waals surface area contributed by atoms with Crippen LogP contribution in [0.1, 0.15) is 44.6 Å². The number of rotatable bonds is 10. The van der Waals surface area contributed by atoms with E-state index in [0.29, 0.717) is 30.7 Å². The number of aryl methyl sites for hydroxylation is 1. The molecule has 4 N–H and O–H groups in total. The first-order chi connectivity index (χ1) is 12.7. The number of nitrogens with zero attached hydrogens (tertiary/aromatic N) is 1. The molecule has 0 saturated heterocycles. The average Bonchev–Trinajstić information content (AvgIpc) is 2.98. The van der Waals surface area contributed by atoms with Crippen molar-refractivity contribution >= 4 is 40.0 Å². The van der Waals surface area contributed by atoms with E-state index in [-0.39, 0.29) is 42.8 Å². The largest absolute Gasteiger partial charge is 0.463 e. The van der Waals surface area contributed by atoms with E-state index >= 15 is 0 Å². The number of hydrogen-bond donors (Lipinski definition) is 4. The third-order valence-electron chi connectivity index (χ3n) is 4.64. The molecule has 1 atom stereocenters.